The van der Waals surface area contributed by atoms with Gasteiger partial charge in [-0.1, -0.05) is 30.3 Å². The molecule has 1 aromatic carbocycles. The van der Waals surface area contributed by atoms with Crippen LogP contribution in [0.15, 0.2) is 30.3 Å². The monoisotopic (exact) mass is 286 g/mol. The fourth-order valence-electron chi connectivity index (χ4n) is 3.77. The molecule has 2 heterocycles. The van der Waals surface area contributed by atoms with Crippen LogP contribution in [-0.2, 0) is 4.79 Å². The highest BCUT2D eigenvalue weighted by molar-refractivity contribution is 5.85. The largest absolute Gasteiger partial charge is 0.349 e. The van der Waals surface area contributed by atoms with Gasteiger partial charge in [0.1, 0.15) is 0 Å². The minimum absolute atomic E-state index is 0.137. The van der Waals surface area contributed by atoms with E-state index in [1.807, 2.05) is 6.07 Å². The van der Waals surface area contributed by atoms with E-state index in [1.54, 1.807) is 0 Å². The second-order valence-corrected chi connectivity index (χ2v) is 7.58. The predicted molar refractivity (Wildman–Crippen MR) is 84.9 cm³/mol. The van der Waals surface area contributed by atoms with Gasteiger partial charge in [0.2, 0.25) is 5.91 Å². The Bertz CT molecular complexity index is 510. The summed E-state index contributed by atoms with van der Waals surface area (Å²) in [6.07, 6.45) is 2.92. The molecule has 1 amide bonds. The van der Waals surface area contributed by atoms with Gasteiger partial charge in [0, 0.05) is 5.54 Å². The van der Waals surface area contributed by atoms with Crippen molar-refractivity contribution in [2.45, 2.75) is 51.6 Å². The highest BCUT2D eigenvalue weighted by atomic mass is 16.2. The molecule has 2 fully saturated rings. The molecule has 0 radical (unpaired) electrons. The van der Waals surface area contributed by atoms with E-state index in [0.29, 0.717) is 0 Å². The number of nitrogens with one attached hydrogen (secondary N) is 1. The lowest BCUT2D eigenvalue weighted by atomic mass is 9.74. The average Bonchev–Trinajstić information content (AvgIpc) is 2.77. The van der Waals surface area contributed by atoms with Crippen LogP contribution in [0, 0.1) is 5.41 Å². The first-order valence-electron chi connectivity index (χ1n) is 8.02. The number of hydrogen-bond donors (Lipinski definition) is 1. The van der Waals surface area contributed by atoms with Gasteiger partial charge in [-0.05, 0) is 58.7 Å². The topological polar surface area (TPSA) is 32.3 Å². The van der Waals surface area contributed by atoms with E-state index in [4.69, 9.17) is 0 Å². The molecule has 0 saturated carbocycles. The van der Waals surface area contributed by atoms with Crippen LogP contribution in [-0.4, -0.2) is 29.4 Å². The van der Waals surface area contributed by atoms with Crippen LogP contribution < -0.4 is 5.32 Å². The lowest BCUT2D eigenvalue weighted by molar-refractivity contribution is -0.130. The molecule has 1 atom stereocenters. The molecule has 1 spiro atoms. The molecule has 3 nitrogen and oxygen atoms in total. The van der Waals surface area contributed by atoms with Crippen molar-refractivity contribution in [3.05, 3.63) is 35.9 Å². The zero-order valence-electron chi connectivity index (χ0n) is 13.4. The Morgan fingerprint density at radius 2 is 1.76 bits per heavy atom. The number of piperidine rings is 1. The molecule has 3 rings (SSSR count). The number of hydrogen-bond acceptors (Lipinski definition) is 2. The lowest BCUT2D eigenvalue weighted by Gasteiger charge is -2.44. The van der Waals surface area contributed by atoms with Crippen LogP contribution in [0.2, 0.25) is 0 Å². The van der Waals surface area contributed by atoms with Gasteiger partial charge in [-0.3, -0.25) is 9.69 Å². The van der Waals surface area contributed by atoms with Crippen molar-refractivity contribution in [3.8, 4) is 0 Å². The van der Waals surface area contributed by atoms with Crippen molar-refractivity contribution in [1.29, 1.82) is 0 Å². The third kappa shape index (κ3) is 2.71. The number of amides is 1. The Morgan fingerprint density at radius 3 is 2.33 bits per heavy atom. The van der Waals surface area contributed by atoms with Gasteiger partial charge < -0.3 is 5.32 Å². The molecule has 0 bridgehead atoms. The zero-order valence-corrected chi connectivity index (χ0v) is 13.4. The number of rotatable bonds is 1. The maximum atomic E-state index is 12.6. The second kappa shape index (κ2) is 5.13. The number of carbonyl (C=O) groups is 1. The minimum atomic E-state index is -0.137. The van der Waals surface area contributed by atoms with Gasteiger partial charge >= 0.3 is 0 Å². The second-order valence-electron chi connectivity index (χ2n) is 7.58. The van der Waals surface area contributed by atoms with Gasteiger partial charge in [-0.15, -0.1) is 0 Å². The molecule has 1 N–H and O–H groups in total. The Morgan fingerprint density at radius 1 is 1.14 bits per heavy atom. The van der Waals surface area contributed by atoms with Crippen LogP contribution in [0.5, 0.6) is 0 Å². The normalized spacial score (nSPS) is 26.0. The van der Waals surface area contributed by atoms with Crippen molar-refractivity contribution in [1.82, 2.24) is 10.2 Å². The van der Waals surface area contributed by atoms with Crippen molar-refractivity contribution in [3.63, 3.8) is 0 Å². The molecule has 3 heteroatoms. The first-order valence-corrected chi connectivity index (χ1v) is 8.02. The standard InChI is InChI=1S/C18H26N2O/c1-17(2,3)20-11-9-18(10-12-20)13-15(19-16(18)21)14-7-5-4-6-8-14/h4-8,15H,9-13H2,1-3H3,(H,19,21). The van der Waals surface area contributed by atoms with E-state index in [0.717, 1.165) is 32.4 Å². The summed E-state index contributed by atoms with van der Waals surface area (Å²) in [5, 5.41) is 3.23. The van der Waals surface area contributed by atoms with Crippen molar-refractivity contribution in [2.75, 3.05) is 13.1 Å². The summed E-state index contributed by atoms with van der Waals surface area (Å²) in [6, 6.07) is 10.6. The predicted octanol–water partition coefficient (Wildman–Crippen LogP) is 3.13. The highest BCUT2D eigenvalue weighted by Gasteiger charge is 2.49. The fraction of sp³-hybridized carbons (Fsp3) is 0.611. The van der Waals surface area contributed by atoms with Gasteiger partial charge in [0.15, 0.2) is 0 Å². The highest BCUT2D eigenvalue weighted by Crippen LogP contribution is 2.45. The van der Waals surface area contributed by atoms with Gasteiger partial charge in [-0.2, -0.15) is 0 Å². The van der Waals surface area contributed by atoms with Crippen LogP contribution in [0.3, 0.4) is 0 Å². The fourth-order valence-corrected chi connectivity index (χ4v) is 3.77. The number of likely N-dealkylation sites (tertiary alicyclic amines) is 1. The van der Waals surface area contributed by atoms with E-state index >= 15 is 0 Å². The van der Waals surface area contributed by atoms with E-state index in [9.17, 15) is 4.79 Å². The van der Waals surface area contributed by atoms with Crippen molar-refractivity contribution in [2.24, 2.45) is 5.41 Å². The summed E-state index contributed by atoms with van der Waals surface area (Å²) in [7, 11) is 0. The SMILES string of the molecule is CC(C)(C)N1CCC2(CC1)CC(c1ccccc1)NC2=O. The molecule has 1 unspecified atom stereocenters. The summed E-state index contributed by atoms with van der Waals surface area (Å²) in [5.41, 5.74) is 1.30. The van der Waals surface area contributed by atoms with Gasteiger partial charge in [-0.25, -0.2) is 0 Å². The summed E-state index contributed by atoms with van der Waals surface area (Å²) < 4.78 is 0. The number of benzene rings is 1. The van der Waals surface area contributed by atoms with Crippen LogP contribution in [0.25, 0.3) is 0 Å². The number of carbonyl (C=O) groups excluding carboxylic acids is 1. The lowest BCUT2D eigenvalue weighted by Crippen LogP contribution is -2.50. The van der Waals surface area contributed by atoms with E-state index in [-0.39, 0.29) is 22.9 Å². The molecule has 2 aliphatic heterocycles. The van der Waals surface area contributed by atoms with E-state index in [1.165, 1.54) is 5.56 Å². The summed E-state index contributed by atoms with van der Waals surface area (Å²) in [4.78, 5) is 15.1. The van der Waals surface area contributed by atoms with Crippen LogP contribution >= 0.6 is 0 Å². The minimum Gasteiger partial charge on any atom is -0.349 e. The molecule has 21 heavy (non-hydrogen) atoms. The Kier molecular flexibility index (Phi) is 3.56. The van der Waals surface area contributed by atoms with Crippen molar-refractivity contribution >= 4 is 5.91 Å². The zero-order chi connectivity index (χ0) is 15.1. The third-order valence-electron chi connectivity index (χ3n) is 5.25. The molecule has 2 saturated heterocycles. The summed E-state index contributed by atoms with van der Waals surface area (Å²) >= 11 is 0. The summed E-state index contributed by atoms with van der Waals surface area (Å²) in [5.74, 6) is 0.268. The Labute approximate surface area is 127 Å². The molecule has 114 valence electrons. The molecular weight excluding hydrogens is 260 g/mol. The van der Waals surface area contributed by atoms with Crippen molar-refractivity contribution < 1.29 is 4.79 Å². The molecule has 1 aromatic rings. The molecular formula is C18H26N2O. The van der Waals surface area contributed by atoms with Gasteiger partial charge in [0.05, 0.1) is 11.5 Å². The van der Waals surface area contributed by atoms with E-state index in [2.05, 4.69) is 55.3 Å². The van der Waals surface area contributed by atoms with Crippen LogP contribution in [0.4, 0.5) is 0 Å². The Balaban J connectivity index is 1.72. The first kappa shape index (κ1) is 14.6. The molecule has 0 aromatic heterocycles. The van der Waals surface area contributed by atoms with Gasteiger partial charge in [0.25, 0.3) is 0 Å². The average molecular weight is 286 g/mol. The first-order chi connectivity index (χ1) is 9.91. The maximum Gasteiger partial charge on any atom is 0.226 e. The quantitative estimate of drug-likeness (QED) is 0.860. The summed E-state index contributed by atoms with van der Waals surface area (Å²) in [6.45, 7) is 8.82. The maximum absolute atomic E-state index is 12.6. The van der Waals surface area contributed by atoms with Crippen LogP contribution in [0.1, 0.15) is 51.6 Å². The third-order valence-corrected chi connectivity index (χ3v) is 5.25. The molecule has 2 aliphatic rings. The van der Waals surface area contributed by atoms with E-state index < -0.39 is 0 Å². The molecule has 0 aliphatic carbocycles. The smallest absolute Gasteiger partial charge is 0.226 e. The number of nitrogens with zero attached hydrogens (tertiary/aromatic N) is 1. The Hall–Kier alpha value is -1.35.